The number of rotatable bonds is 4. The van der Waals surface area contributed by atoms with E-state index in [1.165, 1.54) is 9.13 Å². The normalized spacial score (nSPS) is 19.3. The fourth-order valence-corrected chi connectivity index (χ4v) is 4.57. The minimum atomic E-state index is 0.0329. The predicted molar refractivity (Wildman–Crippen MR) is 118 cm³/mol. The van der Waals surface area contributed by atoms with Crippen LogP contribution in [0.2, 0.25) is 0 Å². The van der Waals surface area contributed by atoms with E-state index >= 15 is 0 Å². The summed E-state index contributed by atoms with van der Waals surface area (Å²) in [6, 6.07) is 12.5. The highest BCUT2D eigenvalue weighted by Gasteiger charge is 2.28. The maximum Gasteiger partial charge on any atom is 0.238 e. The lowest BCUT2D eigenvalue weighted by molar-refractivity contribution is -0.117. The topological polar surface area (TPSA) is 50.8 Å². The molecule has 2 aliphatic rings. The van der Waals surface area contributed by atoms with Gasteiger partial charge in [-0.1, -0.05) is 6.07 Å². The van der Waals surface area contributed by atoms with Gasteiger partial charge in [0.2, 0.25) is 5.91 Å². The third-order valence-corrected chi connectivity index (χ3v) is 6.00. The Balaban J connectivity index is 1.45. The summed E-state index contributed by atoms with van der Waals surface area (Å²) < 4.78 is 12.8. The number of halogens is 1. The monoisotopic (exact) mass is 492 g/mol. The molecule has 2 aliphatic heterocycles. The second kappa shape index (κ2) is 8.69. The molecule has 5 nitrogen and oxygen atoms in total. The van der Waals surface area contributed by atoms with Crippen molar-refractivity contribution >= 4 is 34.2 Å². The van der Waals surface area contributed by atoms with Crippen molar-refractivity contribution < 1.29 is 14.3 Å². The van der Waals surface area contributed by atoms with E-state index in [9.17, 15) is 4.79 Å². The van der Waals surface area contributed by atoms with Gasteiger partial charge in [0.25, 0.3) is 0 Å². The Morgan fingerprint density at radius 1 is 1.14 bits per heavy atom. The number of benzene rings is 2. The molecule has 0 aliphatic carbocycles. The first-order chi connectivity index (χ1) is 13.6. The summed E-state index contributed by atoms with van der Waals surface area (Å²) in [4.78, 5) is 14.9. The molecule has 1 N–H and O–H groups in total. The molecule has 2 aromatic carbocycles. The lowest BCUT2D eigenvalue weighted by Gasteiger charge is -2.25. The summed E-state index contributed by atoms with van der Waals surface area (Å²) in [7, 11) is 0. The van der Waals surface area contributed by atoms with Gasteiger partial charge in [-0.25, -0.2) is 0 Å². The van der Waals surface area contributed by atoms with Crippen LogP contribution in [-0.4, -0.2) is 37.1 Å². The molecule has 0 radical (unpaired) electrons. The largest absolute Gasteiger partial charge is 0.490 e. The summed E-state index contributed by atoms with van der Waals surface area (Å²) in [5.41, 5.74) is 3.16. The SMILES string of the molecule is Cc1cc(I)ccc1NC(=O)CN1CCC[C@H]1c1ccc2c(c1)OCCCO2. The first kappa shape index (κ1) is 19.5. The molecule has 0 aromatic heterocycles. The highest BCUT2D eigenvalue weighted by atomic mass is 127. The maximum atomic E-state index is 12.7. The summed E-state index contributed by atoms with van der Waals surface area (Å²) in [6.45, 7) is 4.72. The molecule has 0 saturated carbocycles. The van der Waals surface area contributed by atoms with Gasteiger partial charge in [-0.15, -0.1) is 0 Å². The molecule has 4 rings (SSSR count). The van der Waals surface area contributed by atoms with Crippen molar-refractivity contribution in [1.82, 2.24) is 4.90 Å². The molecule has 2 aromatic rings. The molecule has 1 amide bonds. The zero-order valence-corrected chi connectivity index (χ0v) is 18.2. The number of hydrogen-bond donors (Lipinski definition) is 1. The van der Waals surface area contributed by atoms with Crippen LogP contribution in [0.5, 0.6) is 11.5 Å². The van der Waals surface area contributed by atoms with Gasteiger partial charge in [-0.3, -0.25) is 9.69 Å². The summed E-state index contributed by atoms with van der Waals surface area (Å²) in [5, 5.41) is 3.07. The van der Waals surface area contributed by atoms with Crippen molar-refractivity contribution in [1.29, 1.82) is 0 Å². The Hall–Kier alpha value is -1.80. The molecule has 1 fully saturated rings. The Morgan fingerprint density at radius 3 is 2.79 bits per heavy atom. The van der Waals surface area contributed by atoms with Gasteiger partial charge in [0, 0.05) is 21.7 Å². The second-order valence-electron chi connectivity index (χ2n) is 7.39. The van der Waals surface area contributed by atoms with Crippen molar-refractivity contribution in [3.05, 3.63) is 51.1 Å². The first-order valence-corrected chi connectivity index (χ1v) is 10.9. The van der Waals surface area contributed by atoms with Crippen LogP contribution in [0.25, 0.3) is 0 Å². The molecule has 6 heteroatoms. The van der Waals surface area contributed by atoms with E-state index in [0.717, 1.165) is 48.6 Å². The van der Waals surface area contributed by atoms with E-state index in [2.05, 4.69) is 51.0 Å². The fourth-order valence-electron chi connectivity index (χ4n) is 3.92. The van der Waals surface area contributed by atoms with Crippen LogP contribution in [0.15, 0.2) is 36.4 Å². The number of fused-ring (bicyclic) bond motifs is 1. The van der Waals surface area contributed by atoms with E-state index in [-0.39, 0.29) is 11.9 Å². The molecule has 1 saturated heterocycles. The van der Waals surface area contributed by atoms with Crippen molar-refractivity contribution in [3.8, 4) is 11.5 Å². The van der Waals surface area contributed by atoms with Gasteiger partial charge < -0.3 is 14.8 Å². The molecule has 1 atom stereocenters. The van der Waals surface area contributed by atoms with Crippen LogP contribution in [0, 0.1) is 10.5 Å². The standard InChI is InChI=1S/C22H25IN2O3/c1-15-12-17(23)6-7-18(15)24-22(26)14-25-9-2-4-19(25)16-5-8-20-21(13-16)28-11-3-10-27-20/h5-8,12-13,19H,2-4,9-11,14H2,1H3,(H,24,26)/t19-/m0/s1. The van der Waals surface area contributed by atoms with Gasteiger partial charge in [0.05, 0.1) is 19.8 Å². The zero-order chi connectivity index (χ0) is 19.5. The number of nitrogens with zero attached hydrogens (tertiary/aromatic N) is 1. The van der Waals surface area contributed by atoms with Crippen LogP contribution in [-0.2, 0) is 4.79 Å². The van der Waals surface area contributed by atoms with E-state index in [4.69, 9.17) is 9.47 Å². The molecule has 148 valence electrons. The summed E-state index contributed by atoms with van der Waals surface area (Å²) in [6.07, 6.45) is 3.04. The van der Waals surface area contributed by atoms with Crippen LogP contribution in [0.3, 0.4) is 0 Å². The zero-order valence-electron chi connectivity index (χ0n) is 16.0. The number of nitrogens with one attached hydrogen (secondary N) is 1. The van der Waals surface area contributed by atoms with Crippen molar-refractivity contribution in [2.75, 3.05) is 31.6 Å². The van der Waals surface area contributed by atoms with Crippen LogP contribution >= 0.6 is 22.6 Å². The van der Waals surface area contributed by atoms with Gasteiger partial charge in [-0.05, 0) is 90.4 Å². The van der Waals surface area contributed by atoms with E-state index < -0.39 is 0 Å². The Kier molecular flexibility index (Phi) is 6.06. The minimum Gasteiger partial charge on any atom is -0.490 e. The number of aryl methyl sites for hydroxylation is 1. The predicted octanol–water partition coefficient (Wildman–Crippen LogP) is 4.54. The third kappa shape index (κ3) is 4.43. The van der Waals surface area contributed by atoms with E-state index in [1.807, 2.05) is 25.1 Å². The number of ether oxygens (including phenoxy) is 2. The Morgan fingerprint density at radius 2 is 1.96 bits per heavy atom. The van der Waals surface area contributed by atoms with E-state index in [1.54, 1.807) is 0 Å². The van der Waals surface area contributed by atoms with Crippen LogP contribution in [0.1, 0.15) is 36.4 Å². The highest BCUT2D eigenvalue weighted by molar-refractivity contribution is 14.1. The summed E-state index contributed by atoms with van der Waals surface area (Å²) in [5.74, 6) is 1.67. The highest BCUT2D eigenvalue weighted by Crippen LogP contribution is 2.37. The Labute approximate surface area is 179 Å². The average molecular weight is 492 g/mol. The molecule has 2 heterocycles. The number of likely N-dealkylation sites (tertiary alicyclic amines) is 1. The molecule has 28 heavy (non-hydrogen) atoms. The average Bonchev–Trinajstić information content (AvgIpc) is 2.99. The van der Waals surface area contributed by atoms with Gasteiger partial charge >= 0.3 is 0 Å². The lowest BCUT2D eigenvalue weighted by Crippen LogP contribution is -2.33. The third-order valence-electron chi connectivity index (χ3n) is 5.33. The quantitative estimate of drug-likeness (QED) is 0.638. The number of amides is 1. The summed E-state index contributed by atoms with van der Waals surface area (Å²) >= 11 is 2.28. The van der Waals surface area contributed by atoms with Gasteiger partial charge in [0.1, 0.15) is 0 Å². The van der Waals surface area contributed by atoms with Gasteiger partial charge in [-0.2, -0.15) is 0 Å². The van der Waals surface area contributed by atoms with Crippen LogP contribution < -0.4 is 14.8 Å². The molecule has 0 bridgehead atoms. The van der Waals surface area contributed by atoms with Crippen molar-refractivity contribution in [2.45, 2.75) is 32.2 Å². The van der Waals surface area contributed by atoms with Crippen molar-refractivity contribution in [2.24, 2.45) is 0 Å². The van der Waals surface area contributed by atoms with Crippen molar-refractivity contribution in [3.63, 3.8) is 0 Å². The minimum absolute atomic E-state index is 0.0329. The molecule has 0 spiro atoms. The Bertz CT molecular complexity index is 871. The second-order valence-corrected chi connectivity index (χ2v) is 8.64. The number of anilines is 1. The molecular weight excluding hydrogens is 467 g/mol. The number of carbonyl (C=O) groups excluding carboxylic acids is 1. The maximum absolute atomic E-state index is 12.7. The first-order valence-electron chi connectivity index (χ1n) is 9.80. The lowest BCUT2D eigenvalue weighted by atomic mass is 10.0. The number of carbonyl (C=O) groups is 1. The van der Waals surface area contributed by atoms with Crippen LogP contribution in [0.4, 0.5) is 5.69 Å². The molecule has 0 unspecified atom stereocenters. The van der Waals surface area contributed by atoms with E-state index in [0.29, 0.717) is 19.8 Å². The smallest absolute Gasteiger partial charge is 0.238 e. The fraction of sp³-hybridized carbons (Fsp3) is 0.409. The van der Waals surface area contributed by atoms with Gasteiger partial charge in [0.15, 0.2) is 11.5 Å². The number of hydrogen-bond acceptors (Lipinski definition) is 4. The molecular formula is C22H25IN2O3.